The summed E-state index contributed by atoms with van der Waals surface area (Å²) in [5.41, 5.74) is 8.63. The number of aromatic carboxylic acids is 1. The Balaban J connectivity index is 0.000000171. The van der Waals surface area contributed by atoms with Gasteiger partial charge in [0.25, 0.3) is 28.6 Å². The van der Waals surface area contributed by atoms with Gasteiger partial charge in [0.15, 0.2) is 23.0 Å². The number of nitrogens with zero attached hydrogens (tertiary/aromatic N) is 2. The molecule has 1 amide bonds. The molecule has 75 heavy (non-hydrogen) atoms. The molecular weight excluding hydrogens is 1050 g/mol. The van der Waals surface area contributed by atoms with Crippen molar-refractivity contribution in [3.8, 4) is 23.0 Å². The number of fused-ring (bicyclic) bond motifs is 2. The maximum Gasteiger partial charge on any atom is 0.336 e. The first kappa shape index (κ1) is 56.6. The molecule has 408 valence electrons. The van der Waals surface area contributed by atoms with E-state index in [2.05, 4.69) is 25.1 Å². The molecule has 21 heteroatoms. The summed E-state index contributed by atoms with van der Waals surface area (Å²) in [5, 5.41) is 13.5. The van der Waals surface area contributed by atoms with Gasteiger partial charge in [0.1, 0.15) is 0 Å². The lowest BCUT2D eigenvalue weighted by atomic mass is 9.80. The number of nitrogens with two attached hydrogens (primary N) is 1. The van der Waals surface area contributed by atoms with Crippen LogP contribution in [0.2, 0.25) is 20.1 Å². The van der Waals surface area contributed by atoms with Crippen LogP contribution in [0.5, 0.6) is 23.0 Å². The molecule has 0 spiro atoms. The third-order valence-corrected chi connectivity index (χ3v) is 17.2. The van der Waals surface area contributed by atoms with Crippen molar-refractivity contribution < 1.29 is 43.1 Å². The van der Waals surface area contributed by atoms with E-state index >= 15 is 0 Å². The highest BCUT2D eigenvalue weighted by Gasteiger charge is 2.50. The molecule has 2 saturated heterocycles. The predicted octanol–water partition coefficient (Wildman–Crippen LogP) is 9.12. The number of carbonyl (C=O) groups excluding carboxylic acids is 1. The van der Waals surface area contributed by atoms with Gasteiger partial charge in [-0.3, -0.25) is 24.2 Å². The Morgan fingerprint density at radius 1 is 0.640 bits per heavy atom. The summed E-state index contributed by atoms with van der Waals surface area (Å²) < 4.78 is 35.9. The van der Waals surface area contributed by atoms with Crippen LogP contribution in [0.3, 0.4) is 0 Å². The second-order valence-electron chi connectivity index (χ2n) is 20.9. The Labute approximate surface area is 456 Å². The average Bonchev–Trinajstić information content (AvgIpc) is 3.91. The number of aryl methyl sites for hydroxylation is 2. The van der Waals surface area contributed by atoms with E-state index in [1.807, 2.05) is 20.8 Å². The van der Waals surface area contributed by atoms with Crippen molar-refractivity contribution >= 4 is 58.3 Å². The van der Waals surface area contributed by atoms with Gasteiger partial charge in [0, 0.05) is 118 Å². The number of pyridine rings is 2. The fraction of sp³-hybridized carbons (Fsp3) is 0.556. The van der Waals surface area contributed by atoms with Gasteiger partial charge in [-0.15, -0.1) is 0 Å². The normalized spacial score (nSPS) is 25.3. The SMILES string of the molecule is COC1CN(C2CCC(C3(C)Oc4c(Cl)cc(C(=O)NCc5c(Cl)cc(C)[nH]c5=O)c(C)c4O3)CC2)C1.COC1CN(C2CCC(C3(C)Oc4c(Cl)cc(C(=O)O)c(C)c4O3)CC2)C1.Cc1cc(Cl)c(CN)c(=O)[nH]1. The molecule has 2 saturated carbocycles. The van der Waals surface area contributed by atoms with Gasteiger partial charge in [-0.1, -0.05) is 46.4 Å². The number of nitrogens with one attached hydrogen (secondary N) is 3. The molecule has 2 aromatic heterocycles. The number of hydrogen-bond donors (Lipinski definition) is 5. The molecule has 17 nitrogen and oxygen atoms in total. The molecule has 0 radical (unpaired) electrons. The van der Waals surface area contributed by atoms with Gasteiger partial charge in [-0.2, -0.15) is 0 Å². The van der Waals surface area contributed by atoms with Crippen molar-refractivity contribution in [2.75, 3.05) is 40.4 Å². The van der Waals surface area contributed by atoms with Crippen LogP contribution >= 0.6 is 46.4 Å². The number of benzene rings is 2. The standard InChI is InChI=1S/C27H33Cl2N3O5.C20H26ClNO5.C7H9ClN2O/c1-14-9-21(28)20(26(34)31-14)11-30-25(33)19-10-22(29)24-23(15(19)2)36-27(3,37-24)16-5-7-17(8-6-16)32-12-18(13-32)35-4;1-11-15(19(23)24)8-16(21)18-17(11)26-20(2,27-18)12-4-6-13(7-5-12)22-9-14(10-22)25-3;1-4-2-6(8)5(3-9)7(11)10-4/h9-10,16-18H,5-8,11-13H2,1-4H3,(H,30,33)(H,31,34);8,12-14H,4-7,9-10H2,1-3H3,(H,23,24);2H,3,9H2,1H3,(H,10,11). The Morgan fingerprint density at radius 2 is 1.03 bits per heavy atom. The molecular formula is C54H68Cl4N6O11. The zero-order valence-electron chi connectivity index (χ0n) is 43.7. The van der Waals surface area contributed by atoms with E-state index in [4.69, 9.17) is 80.6 Å². The molecule has 6 heterocycles. The van der Waals surface area contributed by atoms with Crippen molar-refractivity contribution in [2.24, 2.45) is 17.6 Å². The van der Waals surface area contributed by atoms with Crippen LogP contribution in [-0.4, -0.2) is 113 Å². The first-order valence-electron chi connectivity index (χ1n) is 25.5. The van der Waals surface area contributed by atoms with Crippen LogP contribution < -0.4 is 41.1 Å². The minimum absolute atomic E-state index is 0.0120. The lowest BCUT2D eigenvalue weighted by Crippen LogP contribution is -2.57. The number of carboxylic acids is 1. The lowest BCUT2D eigenvalue weighted by Gasteiger charge is -2.47. The summed E-state index contributed by atoms with van der Waals surface area (Å²) in [6, 6.07) is 7.55. The molecule has 2 aliphatic carbocycles. The first-order chi connectivity index (χ1) is 35.6. The number of rotatable bonds is 11. The number of amides is 1. The lowest BCUT2D eigenvalue weighted by molar-refractivity contribution is -0.130. The fourth-order valence-corrected chi connectivity index (χ4v) is 12.3. The molecule has 4 aliphatic heterocycles. The topological polar surface area (TPSA) is 220 Å². The number of aromatic amines is 2. The maximum atomic E-state index is 13.1. The predicted molar refractivity (Wildman–Crippen MR) is 288 cm³/mol. The molecule has 6 N–H and O–H groups in total. The van der Waals surface area contributed by atoms with Crippen LogP contribution in [0.25, 0.3) is 0 Å². The van der Waals surface area contributed by atoms with Gasteiger partial charge < -0.3 is 54.5 Å². The van der Waals surface area contributed by atoms with Crippen LogP contribution in [0.1, 0.15) is 120 Å². The van der Waals surface area contributed by atoms with E-state index in [1.165, 1.54) is 6.07 Å². The number of ether oxygens (including phenoxy) is 6. The molecule has 4 fully saturated rings. The van der Waals surface area contributed by atoms with Crippen LogP contribution in [0.15, 0.2) is 33.9 Å². The van der Waals surface area contributed by atoms with Crippen molar-refractivity contribution in [2.45, 2.75) is 142 Å². The number of carbonyl (C=O) groups is 2. The van der Waals surface area contributed by atoms with Gasteiger partial charge in [-0.25, -0.2) is 4.79 Å². The van der Waals surface area contributed by atoms with Gasteiger partial charge >= 0.3 is 5.97 Å². The van der Waals surface area contributed by atoms with Crippen molar-refractivity contribution in [1.29, 1.82) is 0 Å². The fourth-order valence-electron chi connectivity index (χ4n) is 11.2. The number of hydrogen-bond acceptors (Lipinski definition) is 13. The number of halogens is 4. The van der Waals surface area contributed by atoms with Crippen molar-refractivity contribution in [3.63, 3.8) is 0 Å². The smallest absolute Gasteiger partial charge is 0.336 e. The number of methoxy groups -OCH3 is 2. The molecule has 2 unspecified atom stereocenters. The van der Waals surface area contributed by atoms with E-state index in [9.17, 15) is 24.3 Å². The Morgan fingerprint density at radius 3 is 1.41 bits per heavy atom. The highest BCUT2D eigenvalue weighted by atomic mass is 35.5. The summed E-state index contributed by atoms with van der Waals surface area (Å²) in [5.74, 6) is -0.679. The van der Waals surface area contributed by atoms with Crippen molar-refractivity contribution in [3.05, 3.63) is 110 Å². The summed E-state index contributed by atoms with van der Waals surface area (Å²) in [4.78, 5) is 58.2. The minimum Gasteiger partial charge on any atom is -0.478 e. The Kier molecular flexibility index (Phi) is 17.5. The highest BCUT2D eigenvalue weighted by Crippen LogP contribution is 2.53. The van der Waals surface area contributed by atoms with Crippen LogP contribution in [-0.2, 0) is 22.6 Å². The van der Waals surface area contributed by atoms with Gasteiger partial charge in [-0.05, 0) is 103 Å². The monoisotopic (exact) mass is 1120 g/mol. The van der Waals surface area contributed by atoms with Crippen LogP contribution in [0.4, 0.5) is 0 Å². The maximum absolute atomic E-state index is 13.1. The molecule has 2 atom stereocenters. The zero-order valence-corrected chi connectivity index (χ0v) is 46.7. The third-order valence-electron chi connectivity index (χ3n) is 16.0. The highest BCUT2D eigenvalue weighted by molar-refractivity contribution is 6.33. The number of carboxylic acid groups (broad SMARTS) is 1. The Bertz CT molecular complexity index is 2910. The van der Waals surface area contributed by atoms with E-state index in [0.717, 1.165) is 83.2 Å². The largest absolute Gasteiger partial charge is 0.478 e. The zero-order chi connectivity index (χ0) is 54.3. The molecule has 2 aromatic carbocycles. The number of H-pyrrole nitrogens is 2. The molecule has 10 rings (SSSR count). The van der Waals surface area contributed by atoms with E-state index in [1.54, 1.807) is 53.2 Å². The average molecular weight is 1120 g/mol. The second-order valence-corrected chi connectivity index (χ2v) is 22.5. The van der Waals surface area contributed by atoms with Gasteiger partial charge in [0.05, 0.1) is 50.0 Å². The molecule has 0 bridgehead atoms. The number of likely N-dealkylation sites (tertiary alicyclic amines) is 2. The molecule has 6 aliphatic rings. The van der Waals surface area contributed by atoms with E-state index in [0.29, 0.717) is 95.9 Å². The quantitative estimate of drug-likeness (QED) is 0.0946. The first-order valence-corrected chi connectivity index (χ1v) is 27.0. The third kappa shape index (κ3) is 12.0. The summed E-state index contributed by atoms with van der Waals surface area (Å²) in [6.07, 6.45) is 9.10. The van der Waals surface area contributed by atoms with Crippen LogP contribution in [0, 0.1) is 39.5 Å². The second kappa shape index (κ2) is 23.2. The Hall–Kier alpha value is -4.56. The summed E-state index contributed by atoms with van der Waals surface area (Å²) in [6.45, 7) is 15.2. The molecule has 4 aromatic rings. The summed E-state index contributed by atoms with van der Waals surface area (Å²) in [7, 11) is 3.55. The summed E-state index contributed by atoms with van der Waals surface area (Å²) >= 11 is 24.8. The number of aromatic nitrogens is 2. The van der Waals surface area contributed by atoms with E-state index < -0.39 is 17.5 Å². The minimum atomic E-state index is -1.01. The van der Waals surface area contributed by atoms with E-state index in [-0.39, 0.29) is 52.5 Å². The van der Waals surface area contributed by atoms with Gasteiger partial charge in [0.2, 0.25) is 0 Å². The van der Waals surface area contributed by atoms with Crippen molar-refractivity contribution in [1.82, 2.24) is 25.1 Å².